The lowest BCUT2D eigenvalue weighted by atomic mass is 10.0. The Labute approximate surface area is 183 Å². The summed E-state index contributed by atoms with van der Waals surface area (Å²) in [5, 5.41) is 15.2. The highest BCUT2D eigenvalue weighted by Gasteiger charge is 2.16. The summed E-state index contributed by atoms with van der Waals surface area (Å²) in [4.78, 5) is 8.35. The van der Waals surface area contributed by atoms with Crippen LogP contribution in [-0.2, 0) is 0 Å². The van der Waals surface area contributed by atoms with Gasteiger partial charge in [-0.15, -0.1) is 0 Å². The van der Waals surface area contributed by atoms with Gasteiger partial charge in [0.1, 0.15) is 29.5 Å². The van der Waals surface area contributed by atoms with E-state index in [1.165, 1.54) is 6.33 Å². The molecule has 0 aliphatic carbocycles. The normalized spacial score (nSPS) is 10.5. The Kier molecular flexibility index (Phi) is 7.77. The van der Waals surface area contributed by atoms with Crippen LogP contribution in [0.5, 0.6) is 11.5 Å². The third-order valence-corrected chi connectivity index (χ3v) is 4.71. The number of rotatable bonds is 10. The molecule has 3 rings (SSSR count). The number of hydrogen-bond donors (Lipinski definition) is 4. The standard InChI is InChI=1S/C21H23IN6O/c22-13-25-11-4-12-26-21-18(20(24)27-14-28-21)19(23)15-7-9-17(10-8-15)29-16-5-2-1-3-6-16/h1-3,5-10,14,23,25H,4,11-13H2,(H3,24,26,27,28). The van der Waals surface area contributed by atoms with Crippen LogP contribution in [0.1, 0.15) is 17.5 Å². The monoisotopic (exact) mass is 502 g/mol. The molecule has 2 aromatic carbocycles. The largest absolute Gasteiger partial charge is 0.457 e. The maximum absolute atomic E-state index is 8.64. The number of nitrogens with one attached hydrogen (secondary N) is 3. The maximum atomic E-state index is 8.64. The van der Waals surface area contributed by atoms with Crippen LogP contribution >= 0.6 is 22.6 Å². The van der Waals surface area contributed by atoms with Crippen LogP contribution in [0.25, 0.3) is 0 Å². The maximum Gasteiger partial charge on any atom is 0.141 e. The van der Waals surface area contributed by atoms with E-state index in [1.54, 1.807) is 0 Å². The number of anilines is 2. The van der Waals surface area contributed by atoms with Gasteiger partial charge in [0.25, 0.3) is 0 Å². The Morgan fingerprint density at radius 2 is 1.72 bits per heavy atom. The first-order valence-corrected chi connectivity index (χ1v) is 10.7. The van der Waals surface area contributed by atoms with E-state index in [9.17, 15) is 0 Å². The zero-order valence-corrected chi connectivity index (χ0v) is 18.0. The summed E-state index contributed by atoms with van der Waals surface area (Å²) < 4.78 is 6.73. The first kappa shape index (κ1) is 21.0. The molecule has 0 unspecified atom stereocenters. The number of nitrogens with zero attached hydrogens (tertiary/aromatic N) is 2. The van der Waals surface area contributed by atoms with E-state index < -0.39 is 0 Å². The summed E-state index contributed by atoms with van der Waals surface area (Å²) in [6.07, 6.45) is 2.35. The highest BCUT2D eigenvalue weighted by Crippen LogP contribution is 2.25. The van der Waals surface area contributed by atoms with Crippen molar-refractivity contribution in [3.05, 3.63) is 72.1 Å². The summed E-state index contributed by atoms with van der Waals surface area (Å²) in [5.74, 6) is 2.31. The van der Waals surface area contributed by atoms with E-state index in [0.717, 1.165) is 29.8 Å². The average molecular weight is 502 g/mol. The molecule has 0 saturated heterocycles. The SMILES string of the molecule is N=C(c1ccc(Oc2ccccc2)cc1)c1c(N)ncnc1NCCCNCI. The molecule has 0 radical (unpaired) electrons. The van der Waals surface area contributed by atoms with E-state index in [0.29, 0.717) is 22.7 Å². The lowest BCUT2D eigenvalue weighted by molar-refractivity contribution is 0.482. The van der Waals surface area contributed by atoms with Gasteiger partial charge in [0.15, 0.2) is 0 Å². The third kappa shape index (κ3) is 5.88. The Bertz CT molecular complexity index is 934. The van der Waals surface area contributed by atoms with Gasteiger partial charge in [0.05, 0.1) is 11.3 Å². The van der Waals surface area contributed by atoms with Crippen molar-refractivity contribution < 1.29 is 4.74 Å². The molecule has 1 heterocycles. The number of ether oxygens (including phenoxy) is 1. The Morgan fingerprint density at radius 1 is 1.00 bits per heavy atom. The Balaban J connectivity index is 1.72. The topological polar surface area (TPSA) is 109 Å². The molecule has 0 saturated carbocycles. The fraction of sp³-hybridized carbons (Fsp3) is 0.190. The van der Waals surface area contributed by atoms with Crippen molar-refractivity contribution in [1.29, 1.82) is 5.41 Å². The summed E-state index contributed by atoms with van der Waals surface area (Å²) in [5.41, 5.74) is 7.56. The number of nitrogen functional groups attached to an aromatic ring is 1. The molecular weight excluding hydrogens is 479 g/mol. The van der Waals surface area contributed by atoms with Crippen LogP contribution in [0.3, 0.4) is 0 Å². The molecule has 0 aliphatic heterocycles. The van der Waals surface area contributed by atoms with Crippen molar-refractivity contribution in [3.63, 3.8) is 0 Å². The highest BCUT2D eigenvalue weighted by atomic mass is 127. The van der Waals surface area contributed by atoms with Crippen LogP contribution in [0.2, 0.25) is 0 Å². The van der Waals surface area contributed by atoms with Gasteiger partial charge in [-0.05, 0) is 49.4 Å². The summed E-state index contributed by atoms with van der Waals surface area (Å²) >= 11 is 2.28. The predicted molar refractivity (Wildman–Crippen MR) is 125 cm³/mol. The van der Waals surface area contributed by atoms with Crippen LogP contribution in [0.4, 0.5) is 11.6 Å². The minimum absolute atomic E-state index is 0.266. The van der Waals surface area contributed by atoms with E-state index in [4.69, 9.17) is 15.9 Å². The van der Waals surface area contributed by atoms with E-state index in [2.05, 4.69) is 43.2 Å². The molecule has 0 bridgehead atoms. The third-order valence-electron chi connectivity index (χ3n) is 4.17. The van der Waals surface area contributed by atoms with Crippen LogP contribution < -0.4 is 21.1 Å². The average Bonchev–Trinajstić information content (AvgIpc) is 2.74. The molecule has 3 aromatic rings. The lowest BCUT2D eigenvalue weighted by Gasteiger charge is -2.14. The zero-order chi connectivity index (χ0) is 20.5. The second-order valence-electron chi connectivity index (χ2n) is 6.21. The van der Waals surface area contributed by atoms with Gasteiger partial charge in [0, 0.05) is 16.7 Å². The van der Waals surface area contributed by atoms with Crippen molar-refractivity contribution in [2.24, 2.45) is 0 Å². The number of aromatic nitrogens is 2. The van der Waals surface area contributed by atoms with Crippen molar-refractivity contribution in [1.82, 2.24) is 15.3 Å². The van der Waals surface area contributed by atoms with E-state index in [1.807, 2.05) is 54.6 Å². The minimum atomic E-state index is 0.266. The molecule has 150 valence electrons. The molecule has 0 atom stereocenters. The van der Waals surface area contributed by atoms with Gasteiger partial charge >= 0.3 is 0 Å². The Morgan fingerprint density at radius 3 is 2.45 bits per heavy atom. The van der Waals surface area contributed by atoms with E-state index in [-0.39, 0.29) is 11.5 Å². The van der Waals surface area contributed by atoms with Crippen LogP contribution in [-0.4, -0.2) is 33.3 Å². The number of halogens is 1. The fourth-order valence-corrected chi connectivity index (χ4v) is 3.11. The molecule has 1 aromatic heterocycles. The van der Waals surface area contributed by atoms with Crippen molar-refractivity contribution >= 4 is 39.9 Å². The second kappa shape index (κ2) is 10.7. The molecule has 0 spiro atoms. The van der Waals surface area contributed by atoms with Crippen molar-refractivity contribution in [2.45, 2.75) is 6.42 Å². The number of para-hydroxylation sites is 1. The van der Waals surface area contributed by atoms with Gasteiger partial charge in [-0.3, -0.25) is 5.41 Å². The highest BCUT2D eigenvalue weighted by molar-refractivity contribution is 14.1. The molecule has 7 nitrogen and oxygen atoms in total. The summed E-state index contributed by atoms with van der Waals surface area (Å²) in [6.45, 7) is 1.64. The van der Waals surface area contributed by atoms with Gasteiger partial charge in [-0.2, -0.15) is 0 Å². The first-order chi connectivity index (χ1) is 14.2. The minimum Gasteiger partial charge on any atom is -0.457 e. The van der Waals surface area contributed by atoms with Crippen molar-refractivity contribution in [3.8, 4) is 11.5 Å². The van der Waals surface area contributed by atoms with Gasteiger partial charge in [-0.1, -0.05) is 40.8 Å². The quantitative estimate of drug-likeness (QED) is 0.110. The first-order valence-electron chi connectivity index (χ1n) is 9.22. The van der Waals surface area contributed by atoms with E-state index >= 15 is 0 Å². The lowest BCUT2D eigenvalue weighted by Crippen LogP contribution is -2.18. The van der Waals surface area contributed by atoms with Gasteiger partial charge in [-0.25, -0.2) is 9.97 Å². The number of alkyl halides is 1. The molecular formula is C21H23IN6O. The Hall–Kier alpha value is -2.72. The molecule has 5 N–H and O–H groups in total. The second-order valence-corrected chi connectivity index (χ2v) is 6.97. The van der Waals surface area contributed by atoms with Crippen LogP contribution in [0.15, 0.2) is 60.9 Å². The molecule has 8 heteroatoms. The van der Waals surface area contributed by atoms with Gasteiger partial charge < -0.3 is 21.1 Å². The smallest absolute Gasteiger partial charge is 0.141 e. The zero-order valence-electron chi connectivity index (χ0n) is 15.9. The molecule has 0 aliphatic rings. The summed E-state index contributed by atoms with van der Waals surface area (Å²) in [6, 6.07) is 16.9. The summed E-state index contributed by atoms with van der Waals surface area (Å²) in [7, 11) is 0. The van der Waals surface area contributed by atoms with Gasteiger partial charge in [0.2, 0.25) is 0 Å². The number of benzene rings is 2. The number of nitrogens with two attached hydrogens (primary N) is 1. The molecule has 0 amide bonds. The fourth-order valence-electron chi connectivity index (χ4n) is 2.73. The van der Waals surface area contributed by atoms with Crippen LogP contribution in [0, 0.1) is 5.41 Å². The number of hydrogen-bond acceptors (Lipinski definition) is 7. The molecule has 0 fully saturated rings. The molecule has 29 heavy (non-hydrogen) atoms. The van der Waals surface area contributed by atoms with Crippen molar-refractivity contribution in [2.75, 3.05) is 28.7 Å². The predicted octanol–water partition coefficient (Wildman–Crippen LogP) is 4.05.